The summed E-state index contributed by atoms with van der Waals surface area (Å²) >= 11 is 0. The van der Waals surface area contributed by atoms with Gasteiger partial charge >= 0.3 is 0 Å². The molecule has 0 atom stereocenters. The maximum Gasteiger partial charge on any atom is 0.267 e. The van der Waals surface area contributed by atoms with E-state index in [0.29, 0.717) is 13.1 Å². The summed E-state index contributed by atoms with van der Waals surface area (Å²) in [4.78, 5) is 39.3. The van der Waals surface area contributed by atoms with Gasteiger partial charge in [0.2, 0.25) is 5.91 Å². The van der Waals surface area contributed by atoms with Crippen molar-refractivity contribution in [2.45, 2.75) is 0 Å². The molecule has 0 spiro atoms. The summed E-state index contributed by atoms with van der Waals surface area (Å²) in [6, 6.07) is 3.98. The number of nitrogens with two attached hydrogens (primary N) is 1. The molecule has 1 aromatic heterocycles. The summed E-state index contributed by atoms with van der Waals surface area (Å²) in [6.45, 7) is 0.839. The van der Waals surface area contributed by atoms with Crippen LogP contribution in [0.2, 0.25) is 0 Å². The van der Waals surface area contributed by atoms with E-state index < -0.39 is 5.91 Å². The Hall–Kier alpha value is -2.44. The van der Waals surface area contributed by atoms with Crippen molar-refractivity contribution in [1.82, 2.24) is 15.2 Å². The largest absolute Gasteiger partial charge is 0.364 e. The molecule has 3 N–H and O–H groups in total. The third-order valence-electron chi connectivity index (χ3n) is 2.49. The van der Waals surface area contributed by atoms with Gasteiger partial charge in [-0.15, -0.1) is 0 Å². The molecule has 0 aromatic carbocycles. The van der Waals surface area contributed by atoms with Crippen molar-refractivity contribution >= 4 is 17.7 Å². The number of rotatable bonds is 2. The van der Waals surface area contributed by atoms with Crippen molar-refractivity contribution in [3.63, 3.8) is 0 Å². The number of nitrogens with zero attached hydrogens (tertiary/aromatic N) is 2. The average Bonchev–Trinajstić information content (AvgIpc) is 2.38. The van der Waals surface area contributed by atoms with Gasteiger partial charge in [0.25, 0.3) is 11.8 Å². The Labute approximate surface area is 103 Å². The molecule has 1 aromatic rings. The molecule has 1 radical (unpaired) electrons. The van der Waals surface area contributed by atoms with Crippen molar-refractivity contribution < 1.29 is 14.4 Å². The number of amides is 3. The molecule has 0 bridgehead atoms. The number of aromatic nitrogens is 1. The number of primary amides is 1. The highest BCUT2D eigenvalue weighted by atomic mass is 16.2. The number of nitrogens with one attached hydrogen (secondary N) is 1. The van der Waals surface area contributed by atoms with Crippen LogP contribution in [0, 0.1) is 6.07 Å². The molecule has 2 heterocycles. The molecule has 0 aliphatic carbocycles. The Morgan fingerprint density at radius 3 is 2.94 bits per heavy atom. The van der Waals surface area contributed by atoms with Gasteiger partial charge in [-0.05, 0) is 6.07 Å². The fourth-order valence-corrected chi connectivity index (χ4v) is 1.62. The summed E-state index contributed by atoms with van der Waals surface area (Å²) in [7, 11) is 0. The smallest absolute Gasteiger partial charge is 0.267 e. The normalized spacial score (nSPS) is 15.1. The SMILES string of the molecule is NC(=O)c1[c]c(C(=O)N2CCNC(=O)C2)ccn1. The van der Waals surface area contributed by atoms with E-state index in [4.69, 9.17) is 5.73 Å². The van der Waals surface area contributed by atoms with E-state index in [2.05, 4.69) is 16.4 Å². The summed E-state index contributed by atoms with van der Waals surface area (Å²) in [5, 5.41) is 2.62. The first-order valence-electron chi connectivity index (χ1n) is 5.32. The van der Waals surface area contributed by atoms with E-state index in [-0.39, 0.29) is 29.6 Å². The van der Waals surface area contributed by atoms with Crippen LogP contribution in [0.5, 0.6) is 0 Å². The topological polar surface area (TPSA) is 105 Å². The second kappa shape index (κ2) is 4.82. The van der Waals surface area contributed by atoms with E-state index >= 15 is 0 Å². The van der Waals surface area contributed by atoms with Crippen molar-refractivity contribution in [3.8, 4) is 0 Å². The van der Waals surface area contributed by atoms with Gasteiger partial charge in [0, 0.05) is 25.4 Å². The van der Waals surface area contributed by atoms with E-state index in [0.717, 1.165) is 0 Å². The van der Waals surface area contributed by atoms with Crippen LogP contribution < -0.4 is 11.1 Å². The number of hydrogen-bond acceptors (Lipinski definition) is 4. The quantitative estimate of drug-likeness (QED) is 0.667. The highest BCUT2D eigenvalue weighted by molar-refractivity contribution is 5.99. The zero-order chi connectivity index (χ0) is 13.1. The minimum Gasteiger partial charge on any atom is -0.364 e. The van der Waals surface area contributed by atoms with Crippen LogP contribution in [0.3, 0.4) is 0 Å². The number of hydrogen-bond donors (Lipinski definition) is 2. The lowest BCUT2D eigenvalue weighted by molar-refractivity contribution is -0.123. The van der Waals surface area contributed by atoms with Gasteiger partial charge in [-0.2, -0.15) is 0 Å². The molecular formula is C11H11N4O3. The first-order valence-corrected chi connectivity index (χ1v) is 5.32. The molecule has 7 heteroatoms. The minimum atomic E-state index is -0.749. The van der Waals surface area contributed by atoms with Crippen LogP contribution in [-0.2, 0) is 4.79 Å². The molecule has 1 aliphatic heterocycles. The maximum absolute atomic E-state index is 12.1. The van der Waals surface area contributed by atoms with Gasteiger partial charge in [0.05, 0.1) is 12.1 Å². The van der Waals surface area contributed by atoms with E-state index in [1.807, 2.05) is 0 Å². The highest BCUT2D eigenvalue weighted by Crippen LogP contribution is 2.06. The molecule has 3 amide bonds. The van der Waals surface area contributed by atoms with E-state index in [9.17, 15) is 14.4 Å². The molecule has 93 valence electrons. The Morgan fingerprint density at radius 1 is 1.50 bits per heavy atom. The Balaban J connectivity index is 2.20. The van der Waals surface area contributed by atoms with Gasteiger partial charge in [-0.25, -0.2) is 0 Å². The molecule has 0 unspecified atom stereocenters. The first kappa shape index (κ1) is 12.0. The zero-order valence-electron chi connectivity index (χ0n) is 9.47. The van der Waals surface area contributed by atoms with E-state index in [1.54, 1.807) is 0 Å². The molecule has 7 nitrogen and oxygen atoms in total. The van der Waals surface area contributed by atoms with Crippen molar-refractivity contribution in [2.24, 2.45) is 5.73 Å². The molecule has 1 fully saturated rings. The van der Waals surface area contributed by atoms with Crippen molar-refractivity contribution in [2.75, 3.05) is 19.6 Å². The van der Waals surface area contributed by atoms with E-state index in [1.165, 1.54) is 17.2 Å². The maximum atomic E-state index is 12.1. The first-order chi connectivity index (χ1) is 8.58. The third-order valence-corrected chi connectivity index (χ3v) is 2.49. The number of carbonyl (C=O) groups is 3. The number of pyridine rings is 1. The number of piperazine rings is 1. The van der Waals surface area contributed by atoms with Crippen LogP contribution in [-0.4, -0.2) is 47.2 Å². The lowest BCUT2D eigenvalue weighted by Gasteiger charge is -2.26. The average molecular weight is 247 g/mol. The van der Waals surface area contributed by atoms with Crippen LogP contribution in [0.4, 0.5) is 0 Å². The second-order valence-corrected chi connectivity index (χ2v) is 3.77. The zero-order valence-corrected chi connectivity index (χ0v) is 9.47. The highest BCUT2D eigenvalue weighted by Gasteiger charge is 2.23. The minimum absolute atomic E-state index is 0.000894. The lowest BCUT2D eigenvalue weighted by Crippen LogP contribution is -2.50. The fraction of sp³-hybridized carbons (Fsp3) is 0.273. The van der Waals surface area contributed by atoms with Gasteiger partial charge in [0.1, 0.15) is 5.69 Å². The van der Waals surface area contributed by atoms with Crippen molar-refractivity contribution in [3.05, 3.63) is 29.6 Å². The third kappa shape index (κ3) is 2.45. The molecule has 18 heavy (non-hydrogen) atoms. The van der Waals surface area contributed by atoms with Gasteiger partial charge in [-0.1, -0.05) is 0 Å². The molecule has 1 saturated heterocycles. The molecule has 2 rings (SSSR count). The predicted octanol–water partition coefficient (Wildman–Crippen LogP) is -1.45. The Kier molecular flexibility index (Phi) is 3.22. The lowest BCUT2D eigenvalue weighted by atomic mass is 10.2. The molecular weight excluding hydrogens is 236 g/mol. The van der Waals surface area contributed by atoms with Gasteiger partial charge in [0.15, 0.2) is 0 Å². The predicted molar refractivity (Wildman–Crippen MR) is 60.5 cm³/mol. The summed E-state index contributed by atoms with van der Waals surface area (Å²) in [5.74, 6) is -1.32. The Bertz CT molecular complexity index is 515. The monoisotopic (exact) mass is 247 g/mol. The standard InChI is InChI=1S/C11H11N4O3/c12-10(17)8-5-7(1-2-13-8)11(18)15-4-3-14-9(16)6-15/h1-2H,3-4,6H2,(H2,12,17)(H,14,16). The summed E-state index contributed by atoms with van der Waals surface area (Å²) < 4.78 is 0. The van der Waals surface area contributed by atoms with Gasteiger partial charge in [-0.3, -0.25) is 19.4 Å². The van der Waals surface area contributed by atoms with Crippen LogP contribution in [0.25, 0.3) is 0 Å². The van der Waals surface area contributed by atoms with Crippen molar-refractivity contribution in [1.29, 1.82) is 0 Å². The molecule has 1 aliphatic rings. The van der Waals surface area contributed by atoms with Crippen LogP contribution >= 0.6 is 0 Å². The fourth-order valence-electron chi connectivity index (χ4n) is 1.62. The number of carbonyl (C=O) groups excluding carboxylic acids is 3. The molecule has 0 saturated carbocycles. The summed E-state index contributed by atoms with van der Waals surface area (Å²) in [5.41, 5.74) is 5.14. The summed E-state index contributed by atoms with van der Waals surface area (Å²) in [6.07, 6.45) is 1.31. The Morgan fingerprint density at radius 2 is 2.28 bits per heavy atom. The van der Waals surface area contributed by atoms with Gasteiger partial charge < -0.3 is 16.0 Å². The second-order valence-electron chi connectivity index (χ2n) is 3.77. The van der Waals surface area contributed by atoms with Crippen LogP contribution in [0.1, 0.15) is 20.8 Å². The van der Waals surface area contributed by atoms with Crippen LogP contribution in [0.15, 0.2) is 12.3 Å².